The highest BCUT2D eigenvalue weighted by Gasteiger charge is 2.11. The topological polar surface area (TPSA) is 68.3 Å². The van der Waals surface area contributed by atoms with Crippen LogP contribution < -0.4 is 5.32 Å². The van der Waals surface area contributed by atoms with Gasteiger partial charge in [0.1, 0.15) is 5.01 Å². The van der Waals surface area contributed by atoms with Gasteiger partial charge in [-0.15, -0.1) is 17.8 Å². The third-order valence-corrected chi connectivity index (χ3v) is 4.18. The van der Waals surface area contributed by atoms with Crippen molar-refractivity contribution in [1.82, 2.24) is 10.3 Å². The predicted molar refractivity (Wildman–Crippen MR) is 93.4 cm³/mol. The lowest BCUT2D eigenvalue weighted by molar-refractivity contribution is -0.147. The van der Waals surface area contributed by atoms with E-state index in [1.807, 2.05) is 17.5 Å². The van der Waals surface area contributed by atoms with Gasteiger partial charge in [-0.25, -0.2) is 4.98 Å². The lowest BCUT2D eigenvalue weighted by atomic mass is 10.1. The summed E-state index contributed by atoms with van der Waals surface area (Å²) in [6.07, 6.45) is 6.05. The molecule has 2 aromatic rings. The van der Waals surface area contributed by atoms with Gasteiger partial charge in [0.05, 0.1) is 18.7 Å². The molecule has 24 heavy (non-hydrogen) atoms. The van der Waals surface area contributed by atoms with E-state index in [-0.39, 0.29) is 19.6 Å². The maximum atomic E-state index is 11.7. The highest BCUT2D eigenvalue weighted by atomic mass is 32.1. The molecule has 0 atom stereocenters. The summed E-state index contributed by atoms with van der Waals surface area (Å²) in [5.41, 5.74) is 2.91. The van der Waals surface area contributed by atoms with Crippen molar-refractivity contribution in [3.8, 4) is 22.9 Å². The zero-order valence-corrected chi connectivity index (χ0v) is 14.2. The van der Waals surface area contributed by atoms with Gasteiger partial charge in [-0.3, -0.25) is 9.59 Å². The van der Waals surface area contributed by atoms with Crippen LogP contribution in [0.5, 0.6) is 0 Å². The lowest BCUT2D eigenvalue weighted by Crippen LogP contribution is -2.29. The number of hydrogen-bond acceptors (Lipinski definition) is 5. The summed E-state index contributed by atoms with van der Waals surface area (Å²) in [5, 5.41) is 5.10. The van der Waals surface area contributed by atoms with Crippen LogP contribution in [-0.2, 0) is 27.2 Å². The molecule has 1 aromatic carbocycles. The minimum atomic E-state index is -0.496. The normalized spacial score (nSPS) is 10.0. The Labute approximate surface area is 145 Å². The van der Waals surface area contributed by atoms with Gasteiger partial charge < -0.3 is 10.1 Å². The Bertz CT molecular complexity index is 744. The number of aryl methyl sites for hydroxylation is 1. The first-order valence-corrected chi connectivity index (χ1v) is 8.39. The molecule has 1 amide bonds. The average molecular weight is 342 g/mol. The lowest BCUT2D eigenvalue weighted by Gasteiger charge is -2.03. The Hall–Kier alpha value is -2.65. The van der Waals surface area contributed by atoms with Crippen LogP contribution >= 0.6 is 11.3 Å². The Kier molecular flexibility index (Phi) is 6.52. The van der Waals surface area contributed by atoms with Crippen molar-refractivity contribution in [3.63, 3.8) is 0 Å². The number of hydrogen-bond donors (Lipinski definition) is 1. The van der Waals surface area contributed by atoms with E-state index in [0.717, 1.165) is 17.0 Å². The van der Waals surface area contributed by atoms with Crippen molar-refractivity contribution < 1.29 is 14.3 Å². The zero-order chi connectivity index (χ0) is 17.4. The summed E-state index contributed by atoms with van der Waals surface area (Å²) < 4.78 is 4.90. The second-order valence-corrected chi connectivity index (χ2v) is 5.87. The van der Waals surface area contributed by atoms with E-state index in [9.17, 15) is 9.59 Å². The van der Waals surface area contributed by atoms with Gasteiger partial charge in [0.25, 0.3) is 5.91 Å². The second-order valence-electron chi connectivity index (χ2n) is 5.01. The fourth-order valence-electron chi connectivity index (χ4n) is 1.95. The molecule has 1 aromatic heterocycles. The number of ether oxygens (including phenoxy) is 1. The van der Waals surface area contributed by atoms with Crippen molar-refractivity contribution >= 4 is 23.2 Å². The number of amides is 1. The molecular weight excluding hydrogens is 324 g/mol. The smallest absolute Gasteiger partial charge is 0.312 e. The number of esters is 1. The second kappa shape index (κ2) is 8.85. The molecule has 124 valence electrons. The molecule has 2 rings (SSSR count). The maximum absolute atomic E-state index is 11.7. The number of nitrogens with zero attached hydrogens (tertiary/aromatic N) is 1. The molecule has 0 radical (unpaired) electrons. The summed E-state index contributed by atoms with van der Waals surface area (Å²) >= 11 is 1.47. The van der Waals surface area contributed by atoms with E-state index >= 15 is 0 Å². The fraction of sp³-hybridized carbons (Fsp3) is 0.278. The Balaban J connectivity index is 1.87. The average Bonchev–Trinajstić information content (AvgIpc) is 3.06. The van der Waals surface area contributed by atoms with Gasteiger partial charge >= 0.3 is 5.97 Å². The van der Waals surface area contributed by atoms with Crippen LogP contribution in [0.3, 0.4) is 0 Å². The van der Waals surface area contributed by atoms with E-state index in [1.165, 1.54) is 16.9 Å². The fourth-order valence-corrected chi connectivity index (χ4v) is 2.78. The third kappa shape index (κ3) is 5.21. The number of benzene rings is 1. The number of aromatic nitrogens is 1. The molecule has 1 N–H and O–H groups in total. The van der Waals surface area contributed by atoms with Crippen LogP contribution in [0.15, 0.2) is 29.6 Å². The van der Waals surface area contributed by atoms with Gasteiger partial charge in [0.2, 0.25) is 0 Å². The summed E-state index contributed by atoms with van der Waals surface area (Å²) in [6, 6.07) is 8.18. The molecule has 1 heterocycles. The van der Waals surface area contributed by atoms with Gasteiger partial charge in [0.15, 0.2) is 6.61 Å². The van der Waals surface area contributed by atoms with Crippen molar-refractivity contribution in [2.24, 2.45) is 0 Å². The summed E-state index contributed by atoms with van der Waals surface area (Å²) in [4.78, 5) is 27.5. The van der Waals surface area contributed by atoms with Crippen LogP contribution in [-0.4, -0.2) is 30.0 Å². The maximum Gasteiger partial charge on any atom is 0.312 e. The summed E-state index contributed by atoms with van der Waals surface area (Å²) in [5.74, 6) is 1.35. The Morgan fingerprint density at radius 1 is 1.33 bits per heavy atom. The van der Waals surface area contributed by atoms with Gasteiger partial charge in [0, 0.05) is 10.9 Å². The standard InChI is InChI=1S/C18H18N2O3S/c1-3-9-19-16(21)11-23-17(22)10-15-12-24-18(20-15)14-7-5-13(4-2)6-8-14/h1,5-8,12H,4,9-11H2,2H3,(H,19,21). The summed E-state index contributed by atoms with van der Waals surface area (Å²) in [6.45, 7) is 1.88. The SMILES string of the molecule is C#CCNC(=O)COC(=O)Cc1csc(-c2ccc(CC)cc2)n1. The molecular formula is C18H18N2O3S. The van der Waals surface area contributed by atoms with Crippen LogP contribution in [0, 0.1) is 12.3 Å². The van der Waals surface area contributed by atoms with Crippen molar-refractivity contribution in [3.05, 3.63) is 40.9 Å². The number of carbonyl (C=O) groups excluding carboxylic acids is 2. The molecule has 0 bridgehead atoms. The van der Waals surface area contributed by atoms with E-state index < -0.39 is 11.9 Å². The molecule has 0 unspecified atom stereocenters. The van der Waals surface area contributed by atoms with Crippen LogP contribution in [0.25, 0.3) is 10.6 Å². The molecule has 5 nitrogen and oxygen atoms in total. The van der Waals surface area contributed by atoms with E-state index in [4.69, 9.17) is 11.2 Å². The van der Waals surface area contributed by atoms with Crippen molar-refractivity contribution in [1.29, 1.82) is 0 Å². The molecule has 0 spiro atoms. The number of nitrogens with one attached hydrogen (secondary N) is 1. The molecule has 6 heteroatoms. The Morgan fingerprint density at radius 3 is 2.75 bits per heavy atom. The van der Waals surface area contributed by atoms with Crippen LogP contribution in [0.1, 0.15) is 18.2 Å². The van der Waals surface area contributed by atoms with Gasteiger partial charge in [-0.05, 0) is 12.0 Å². The molecule has 0 aliphatic rings. The number of thiazole rings is 1. The van der Waals surface area contributed by atoms with Crippen molar-refractivity contribution in [2.75, 3.05) is 13.2 Å². The van der Waals surface area contributed by atoms with Crippen LogP contribution in [0.4, 0.5) is 0 Å². The van der Waals surface area contributed by atoms with E-state index in [0.29, 0.717) is 5.69 Å². The number of terminal acetylenes is 1. The molecule has 0 aliphatic carbocycles. The van der Waals surface area contributed by atoms with Gasteiger partial charge in [-0.1, -0.05) is 37.1 Å². The zero-order valence-electron chi connectivity index (χ0n) is 13.4. The quantitative estimate of drug-likeness (QED) is 0.619. The van der Waals surface area contributed by atoms with Gasteiger partial charge in [-0.2, -0.15) is 0 Å². The minimum absolute atomic E-state index is 0.0337. The minimum Gasteiger partial charge on any atom is -0.455 e. The molecule has 0 aliphatic heterocycles. The third-order valence-electron chi connectivity index (χ3n) is 3.24. The van der Waals surface area contributed by atoms with Crippen LogP contribution in [0.2, 0.25) is 0 Å². The first-order chi connectivity index (χ1) is 11.6. The highest BCUT2D eigenvalue weighted by Crippen LogP contribution is 2.24. The first kappa shape index (κ1) is 17.7. The summed E-state index contributed by atoms with van der Waals surface area (Å²) in [7, 11) is 0. The molecule has 0 fully saturated rings. The Morgan fingerprint density at radius 2 is 2.08 bits per heavy atom. The molecule has 0 saturated heterocycles. The predicted octanol–water partition coefficient (Wildman–Crippen LogP) is 2.21. The monoisotopic (exact) mass is 342 g/mol. The highest BCUT2D eigenvalue weighted by molar-refractivity contribution is 7.13. The number of rotatable bonds is 7. The molecule has 0 saturated carbocycles. The number of carbonyl (C=O) groups is 2. The largest absolute Gasteiger partial charge is 0.455 e. The van der Waals surface area contributed by atoms with E-state index in [2.05, 4.69) is 35.3 Å². The first-order valence-electron chi connectivity index (χ1n) is 7.52. The van der Waals surface area contributed by atoms with Crippen molar-refractivity contribution in [2.45, 2.75) is 19.8 Å². The van der Waals surface area contributed by atoms with E-state index in [1.54, 1.807) is 0 Å².